The predicted octanol–water partition coefficient (Wildman–Crippen LogP) is 6.44. The lowest BCUT2D eigenvalue weighted by atomic mass is 10.0. The first-order valence-electron chi connectivity index (χ1n) is 12.5. The average Bonchev–Trinajstić information content (AvgIpc) is 2.89. The Morgan fingerprint density at radius 1 is 0.944 bits per heavy atom. The van der Waals surface area contributed by atoms with E-state index < -0.39 is 6.04 Å². The van der Waals surface area contributed by atoms with E-state index >= 15 is 0 Å². The van der Waals surface area contributed by atoms with Crippen LogP contribution < -0.4 is 5.32 Å². The third-order valence-electron chi connectivity index (χ3n) is 6.02. The number of hydrogen-bond donors (Lipinski definition) is 1. The number of thioether (sulfide) groups is 1. The van der Waals surface area contributed by atoms with Gasteiger partial charge in [-0.1, -0.05) is 103 Å². The van der Waals surface area contributed by atoms with Crippen LogP contribution >= 0.6 is 23.4 Å². The van der Waals surface area contributed by atoms with Gasteiger partial charge in [-0.2, -0.15) is 0 Å². The molecule has 0 aliphatic carbocycles. The highest BCUT2D eigenvalue weighted by Crippen LogP contribution is 2.22. The minimum atomic E-state index is -0.598. The van der Waals surface area contributed by atoms with E-state index in [1.54, 1.807) is 4.90 Å². The van der Waals surface area contributed by atoms with Gasteiger partial charge in [-0.05, 0) is 36.1 Å². The molecule has 0 unspecified atom stereocenters. The van der Waals surface area contributed by atoms with Crippen molar-refractivity contribution in [1.82, 2.24) is 10.2 Å². The largest absolute Gasteiger partial charge is 0.354 e. The number of nitrogens with one attached hydrogen (secondary N) is 1. The van der Waals surface area contributed by atoms with Crippen LogP contribution in [-0.2, 0) is 28.3 Å². The van der Waals surface area contributed by atoms with Gasteiger partial charge in [0, 0.05) is 30.3 Å². The molecule has 3 aromatic rings. The number of unbranched alkanes of at least 4 members (excludes halogenated alkanes) is 1. The first kappa shape index (κ1) is 27.8. The van der Waals surface area contributed by atoms with Crippen molar-refractivity contribution in [2.45, 2.75) is 51.4 Å². The lowest BCUT2D eigenvalue weighted by Crippen LogP contribution is -2.51. The Bertz CT molecular complexity index is 1110. The van der Waals surface area contributed by atoms with Gasteiger partial charge in [-0.15, -0.1) is 11.8 Å². The summed E-state index contributed by atoms with van der Waals surface area (Å²) in [6, 6.07) is 25.1. The maximum atomic E-state index is 13.6. The van der Waals surface area contributed by atoms with Crippen LogP contribution in [0.3, 0.4) is 0 Å². The van der Waals surface area contributed by atoms with Crippen molar-refractivity contribution in [3.05, 3.63) is 106 Å². The summed E-state index contributed by atoms with van der Waals surface area (Å²) in [5.41, 5.74) is 4.19. The summed E-state index contributed by atoms with van der Waals surface area (Å²) < 4.78 is 0. The first-order chi connectivity index (χ1) is 17.5. The molecule has 0 heterocycles. The van der Waals surface area contributed by atoms with Crippen molar-refractivity contribution in [3.8, 4) is 0 Å². The van der Waals surface area contributed by atoms with Crippen molar-refractivity contribution in [3.63, 3.8) is 0 Å². The van der Waals surface area contributed by atoms with Crippen LogP contribution in [0, 0.1) is 6.92 Å². The molecule has 0 fully saturated rings. The molecule has 3 rings (SSSR count). The Kier molecular flexibility index (Phi) is 11.4. The van der Waals surface area contributed by atoms with E-state index in [-0.39, 0.29) is 17.6 Å². The summed E-state index contributed by atoms with van der Waals surface area (Å²) in [4.78, 5) is 28.8. The van der Waals surface area contributed by atoms with Gasteiger partial charge < -0.3 is 10.2 Å². The normalized spacial score (nSPS) is 11.6. The van der Waals surface area contributed by atoms with Gasteiger partial charge in [0.25, 0.3) is 0 Å². The van der Waals surface area contributed by atoms with Crippen LogP contribution in [0.25, 0.3) is 0 Å². The summed E-state index contributed by atoms with van der Waals surface area (Å²) in [5, 5.41) is 3.77. The molecular weight excluding hydrogens is 488 g/mol. The second-order valence-corrected chi connectivity index (χ2v) is 10.3. The summed E-state index contributed by atoms with van der Waals surface area (Å²) in [7, 11) is 0. The standard InChI is InChI=1S/C30H35ClN2O2S/c1-3-4-18-32-30(35)28(19-24-10-6-5-7-11-24)33(20-25-16-14-23(2)15-17-25)29(34)22-36-21-26-12-8-9-13-27(26)31/h5-17,28H,3-4,18-22H2,1-2H3,(H,32,35)/t28-/m1/s1. The van der Waals surface area contributed by atoms with Crippen molar-refractivity contribution < 1.29 is 9.59 Å². The van der Waals surface area contributed by atoms with E-state index in [0.717, 1.165) is 35.1 Å². The molecule has 0 aliphatic heterocycles. The number of halogens is 1. The zero-order valence-electron chi connectivity index (χ0n) is 21.1. The molecule has 0 aromatic heterocycles. The van der Waals surface area contributed by atoms with Crippen molar-refractivity contribution in [2.75, 3.05) is 12.3 Å². The molecule has 0 aliphatic rings. The molecule has 1 atom stereocenters. The molecule has 0 saturated heterocycles. The predicted molar refractivity (Wildman–Crippen MR) is 151 cm³/mol. The Morgan fingerprint density at radius 3 is 2.33 bits per heavy atom. The van der Waals surface area contributed by atoms with Gasteiger partial charge in [-0.3, -0.25) is 9.59 Å². The Morgan fingerprint density at radius 2 is 1.64 bits per heavy atom. The highest BCUT2D eigenvalue weighted by molar-refractivity contribution is 7.99. The molecule has 36 heavy (non-hydrogen) atoms. The Labute approximate surface area is 224 Å². The van der Waals surface area contributed by atoms with Crippen LogP contribution in [-0.4, -0.2) is 35.1 Å². The van der Waals surface area contributed by atoms with Gasteiger partial charge >= 0.3 is 0 Å². The fourth-order valence-corrected chi connectivity index (χ4v) is 5.09. The van der Waals surface area contributed by atoms with Crippen LogP contribution in [0.4, 0.5) is 0 Å². The maximum Gasteiger partial charge on any atom is 0.243 e. The third kappa shape index (κ3) is 8.72. The van der Waals surface area contributed by atoms with Gasteiger partial charge in [0.2, 0.25) is 11.8 Å². The van der Waals surface area contributed by atoms with Crippen molar-refractivity contribution >= 4 is 35.2 Å². The molecule has 6 heteroatoms. The molecular formula is C30H35ClN2O2S. The van der Waals surface area contributed by atoms with E-state index in [4.69, 9.17) is 11.6 Å². The minimum Gasteiger partial charge on any atom is -0.354 e. The molecule has 0 spiro atoms. The first-order valence-corrected chi connectivity index (χ1v) is 14.0. The van der Waals surface area contributed by atoms with Gasteiger partial charge in [0.05, 0.1) is 5.75 Å². The third-order valence-corrected chi connectivity index (χ3v) is 7.35. The van der Waals surface area contributed by atoms with Crippen molar-refractivity contribution in [2.24, 2.45) is 0 Å². The number of rotatable bonds is 13. The quantitative estimate of drug-likeness (QED) is 0.263. The van der Waals surface area contributed by atoms with Gasteiger partial charge in [-0.25, -0.2) is 0 Å². The molecule has 190 valence electrons. The maximum absolute atomic E-state index is 13.6. The second-order valence-electron chi connectivity index (χ2n) is 8.94. The molecule has 0 saturated carbocycles. The lowest BCUT2D eigenvalue weighted by Gasteiger charge is -2.31. The highest BCUT2D eigenvalue weighted by atomic mass is 35.5. The fourth-order valence-electron chi connectivity index (χ4n) is 3.90. The van der Waals surface area contributed by atoms with Crippen LogP contribution in [0.2, 0.25) is 5.02 Å². The number of nitrogens with zero attached hydrogens (tertiary/aromatic N) is 1. The second kappa shape index (κ2) is 14.7. The number of amides is 2. The monoisotopic (exact) mass is 522 g/mol. The van der Waals surface area contributed by atoms with E-state index in [1.807, 2.05) is 85.8 Å². The molecule has 0 radical (unpaired) electrons. The summed E-state index contributed by atoms with van der Waals surface area (Å²) in [6.07, 6.45) is 2.36. The number of carbonyl (C=O) groups excluding carboxylic acids is 2. The zero-order chi connectivity index (χ0) is 25.8. The minimum absolute atomic E-state index is 0.0563. The number of carbonyl (C=O) groups is 2. The van der Waals surface area contributed by atoms with Gasteiger partial charge in [0.1, 0.15) is 6.04 Å². The topological polar surface area (TPSA) is 49.4 Å². The van der Waals surface area contributed by atoms with Crippen LogP contribution in [0.1, 0.15) is 42.0 Å². The lowest BCUT2D eigenvalue weighted by molar-refractivity contribution is -0.139. The van der Waals surface area contributed by atoms with E-state index in [2.05, 4.69) is 12.2 Å². The van der Waals surface area contributed by atoms with Crippen LogP contribution in [0.5, 0.6) is 0 Å². The summed E-state index contributed by atoms with van der Waals surface area (Å²) in [5.74, 6) is 0.739. The molecule has 1 N–H and O–H groups in total. The SMILES string of the molecule is CCCCNC(=O)[C@@H](Cc1ccccc1)N(Cc1ccc(C)cc1)C(=O)CSCc1ccccc1Cl. The van der Waals surface area contributed by atoms with E-state index in [0.29, 0.717) is 30.3 Å². The Hall–Kier alpha value is -2.76. The highest BCUT2D eigenvalue weighted by Gasteiger charge is 2.30. The number of aryl methyl sites for hydroxylation is 1. The average molecular weight is 523 g/mol. The van der Waals surface area contributed by atoms with E-state index in [9.17, 15) is 9.59 Å². The smallest absolute Gasteiger partial charge is 0.243 e. The van der Waals surface area contributed by atoms with E-state index in [1.165, 1.54) is 11.8 Å². The Balaban J connectivity index is 1.83. The molecule has 4 nitrogen and oxygen atoms in total. The number of hydrogen-bond acceptors (Lipinski definition) is 3. The zero-order valence-corrected chi connectivity index (χ0v) is 22.7. The number of benzene rings is 3. The van der Waals surface area contributed by atoms with Gasteiger partial charge in [0.15, 0.2) is 0 Å². The van der Waals surface area contributed by atoms with Crippen molar-refractivity contribution in [1.29, 1.82) is 0 Å². The molecule has 0 bridgehead atoms. The summed E-state index contributed by atoms with van der Waals surface area (Å²) in [6.45, 7) is 5.12. The molecule has 2 amide bonds. The fraction of sp³-hybridized carbons (Fsp3) is 0.333. The molecule has 3 aromatic carbocycles. The van der Waals surface area contributed by atoms with Crippen LogP contribution in [0.15, 0.2) is 78.9 Å². The summed E-state index contributed by atoms with van der Waals surface area (Å²) >= 11 is 7.82.